The maximum absolute atomic E-state index is 10.8. The summed E-state index contributed by atoms with van der Waals surface area (Å²) in [5, 5.41) is 0.436. The Balaban J connectivity index is 3.11. The Morgan fingerprint density at radius 3 is 2.73 bits per heavy atom. The summed E-state index contributed by atoms with van der Waals surface area (Å²) in [5.41, 5.74) is 0.479. The number of hydrogen-bond donors (Lipinski definition) is 0. The van der Waals surface area contributed by atoms with Crippen molar-refractivity contribution in [3.05, 3.63) is 28.8 Å². The van der Waals surface area contributed by atoms with E-state index in [4.69, 9.17) is 16.3 Å². The average molecular weight is 225 g/mol. The minimum absolute atomic E-state index is 0.436. The van der Waals surface area contributed by atoms with E-state index in [0.717, 1.165) is 0 Å². The third-order valence-electron chi connectivity index (χ3n) is 1.67. The van der Waals surface area contributed by atoms with Crippen molar-refractivity contribution in [2.75, 3.05) is 14.2 Å². The third-order valence-corrected chi connectivity index (χ3v) is 1.99. The SMILES string of the molecule is COC(=O)C#Cc1c(Cl)cccc1OC. The van der Waals surface area contributed by atoms with Gasteiger partial charge in [0.25, 0.3) is 0 Å². The van der Waals surface area contributed by atoms with Crippen LogP contribution in [0, 0.1) is 11.8 Å². The van der Waals surface area contributed by atoms with Crippen molar-refractivity contribution < 1.29 is 14.3 Å². The molecule has 0 heterocycles. The molecule has 0 N–H and O–H groups in total. The minimum atomic E-state index is -0.614. The van der Waals surface area contributed by atoms with Gasteiger partial charge in [-0.2, -0.15) is 0 Å². The molecular formula is C11H9ClO3. The summed E-state index contributed by atoms with van der Waals surface area (Å²) in [5.74, 6) is 4.80. The zero-order chi connectivity index (χ0) is 11.3. The van der Waals surface area contributed by atoms with Crippen LogP contribution in [0.5, 0.6) is 5.75 Å². The smallest absolute Gasteiger partial charge is 0.384 e. The van der Waals surface area contributed by atoms with Crippen molar-refractivity contribution in [1.29, 1.82) is 0 Å². The summed E-state index contributed by atoms with van der Waals surface area (Å²) in [6.07, 6.45) is 0. The van der Waals surface area contributed by atoms with E-state index in [1.165, 1.54) is 14.2 Å². The summed E-state index contributed by atoms with van der Waals surface area (Å²) < 4.78 is 9.44. The van der Waals surface area contributed by atoms with Crippen LogP contribution >= 0.6 is 11.6 Å². The molecule has 0 fully saturated rings. The number of methoxy groups -OCH3 is 2. The number of esters is 1. The van der Waals surface area contributed by atoms with Gasteiger partial charge in [0.2, 0.25) is 0 Å². The first-order valence-electron chi connectivity index (χ1n) is 4.11. The predicted molar refractivity (Wildman–Crippen MR) is 56.9 cm³/mol. The van der Waals surface area contributed by atoms with Gasteiger partial charge in [-0.1, -0.05) is 17.7 Å². The Bertz CT molecular complexity index is 429. The van der Waals surface area contributed by atoms with Crippen LogP contribution in [0.25, 0.3) is 0 Å². The highest BCUT2D eigenvalue weighted by atomic mass is 35.5. The number of carbonyl (C=O) groups excluding carboxylic acids is 1. The zero-order valence-corrected chi connectivity index (χ0v) is 9.09. The summed E-state index contributed by atoms with van der Waals surface area (Å²) in [6, 6.07) is 5.13. The highest BCUT2D eigenvalue weighted by molar-refractivity contribution is 6.32. The number of hydrogen-bond acceptors (Lipinski definition) is 3. The monoisotopic (exact) mass is 224 g/mol. The average Bonchev–Trinajstić information content (AvgIpc) is 2.26. The van der Waals surface area contributed by atoms with Crippen molar-refractivity contribution >= 4 is 17.6 Å². The van der Waals surface area contributed by atoms with Gasteiger partial charge in [0.05, 0.1) is 24.8 Å². The van der Waals surface area contributed by atoms with Gasteiger partial charge in [-0.05, 0) is 18.1 Å². The summed E-state index contributed by atoms with van der Waals surface area (Å²) in [7, 11) is 2.77. The van der Waals surface area contributed by atoms with E-state index in [-0.39, 0.29) is 0 Å². The van der Waals surface area contributed by atoms with Crippen LogP contribution in [-0.4, -0.2) is 20.2 Å². The maximum Gasteiger partial charge on any atom is 0.384 e. The van der Waals surface area contributed by atoms with Crippen LogP contribution in [0.1, 0.15) is 5.56 Å². The van der Waals surface area contributed by atoms with Crippen molar-refractivity contribution in [3.8, 4) is 17.6 Å². The van der Waals surface area contributed by atoms with Crippen molar-refractivity contribution in [1.82, 2.24) is 0 Å². The molecule has 0 bridgehead atoms. The van der Waals surface area contributed by atoms with Gasteiger partial charge >= 0.3 is 5.97 Å². The number of rotatable bonds is 1. The molecule has 0 atom stereocenters. The Morgan fingerprint density at radius 1 is 1.40 bits per heavy atom. The Morgan fingerprint density at radius 2 is 2.13 bits per heavy atom. The topological polar surface area (TPSA) is 35.5 Å². The molecule has 0 spiro atoms. The van der Waals surface area contributed by atoms with Crippen LogP contribution in [0.15, 0.2) is 18.2 Å². The normalized spacial score (nSPS) is 8.73. The first-order valence-corrected chi connectivity index (χ1v) is 4.49. The molecule has 0 radical (unpaired) electrons. The summed E-state index contributed by atoms with van der Waals surface area (Å²) in [4.78, 5) is 10.8. The fraction of sp³-hybridized carbons (Fsp3) is 0.182. The zero-order valence-electron chi connectivity index (χ0n) is 8.33. The lowest BCUT2D eigenvalue weighted by Crippen LogP contribution is -1.95. The van der Waals surface area contributed by atoms with Crippen LogP contribution in [-0.2, 0) is 9.53 Å². The molecule has 1 rings (SSSR count). The van der Waals surface area contributed by atoms with E-state index >= 15 is 0 Å². The lowest BCUT2D eigenvalue weighted by atomic mass is 10.2. The van der Waals surface area contributed by atoms with E-state index in [2.05, 4.69) is 16.6 Å². The van der Waals surface area contributed by atoms with Crippen LogP contribution in [0.2, 0.25) is 5.02 Å². The van der Waals surface area contributed by atoms with E-state index in [1.807, 2.05) is 0 Å². The second-order valence-electron chi connectivity index (χ2n) is 2.56. The number of carbonyl (C=O) groups is 1. The predicted octanol–water partition coefficient (Wildman–Crippen LogP) is 1.87. The van der Waals surface area contributed by atoms with E-state index in [0.29, 0.717) is 16.3 Å². The summed E-state index contributed by atoms with van der Waals surface area (Å²) in [6.45, 7) is 0. The van der Waals surface area contributed by atoms with Crippen molar-refractivity contribution in [3.63, 3.8) is 0 Å². The Labute approximate surface area is 92.9 Å². The van der Waals surface area contributed by atoms with E-state index in [9.17, 15) is 4.79 Å². The molecule has 0 aliphatic heterocycles. The lowest BCUT2D eigenvalue weighted by molar-refractivity contribution is -0.133. The van der Waals surface area contributed by atoms with Crippen molar-refractivity contribution in [2.24, 2.45) is 0 Å². The van der Waals surface area contributed by atoms with Gasteiger partial charge in [-0.25, -0.2) is 4.79 Å². The molecule has 0 aliphatic carbocycles. The van der Waals surface area contributed by atoms with Crippen LogP contribution < -0.4 is 4.74 Å². The van der Waals surface area contributed by atoms with E-state index < -0.39 is 5.97 Å². The number of benzene rings is 1. The molecule has 15 heavy (non-hydrogen) atoms. The molecular weight excluding hydrogens is 216 g/mol. The van der Waals surface area contributed by atoms with Gasteiger partial charge in [-0.15, -0.1) is 0 Å². The second-order valence-corrected chi connectivity index (χ2v) is 2.97. The summed E-state index contributed by atoms with van der Waals surface area (Å²) >= 11 is 5.90. The third kappa shape index (κ3) is 2.90. The van der Waals surface area contributed by atoms with Gasteiger partial charge in [-0.3, -0.25) is 0 Å². The molecule has 0 unspecified atom stereocenters. The Hall–Kier alpha value is -1.66. The van der Waals surface area contributed by atoms with E-state index in [1.54, 1.807) is 18.2 Å². The highest BCUT2D eigenvalue weighted by Crippen LogP contribution is 2.24. The molecule has 78 valence electrons. The number of halogens is 1. The second kappa shape index (κ2) is 5.28. The fourth-order valence-electron chi connectivity index (χ4n) is 0.960. The minimum Gasteiger partial charge on any atom is -0.495 e. The quantitative estimate of drug-likeness (QED) is 0.540. The molecule has 4 heteroatoms. The lowest BCUT2D eigenvalue weighted by Gasteiger charge is -2.03. The number of ether oxygens (including phenoxy) is 2. The highest BCUT2D eigenvalue weighted by Gasteiger charge is 2.04. The standard InChI is InChI=1S/C11H9ClO3/c1-14-10-5-3-4-9(12)8(10)6-7-11(13)15-2/h3-5H,1-2H3. The maximum atomic E-state index is 10.8. The largest absolute Gasteiger partial charge is 0.495 e. The van der Waals surface area contributed by atoms with Gasteiger partial charge in [0.1, 0.15) is 5.75 Å². The molecule has 1 aromatic rings. The van der Waals surface area contributed by atoms with Gasteiger partial charge in [0.15, 0.2) is 0 Å². The molecule has 0 saturated heterocycles. The first kappa shape index (κ1) is 11.4. The Kier molecular flexibility index (Phi) is 4.02. The molecule has 0 aromatic heterocycles. The molecule has 0 amide bonds. The molecule has 1 aromatic carbocycles. The fourth-order valence-corrected chi connectivity index (χ4v) is 1.17. The first-order chi connectivity index (χ1) is 7.19. The van der Waals surface area contributed by atoms with Crippen LogP contribution in [0.4, 0.5) is 0 Å². The van der Waals surface area contributed by atoms with Gasteiger partial charge < -0.3 is 9.47 Å². The van der Waals surface area contributed by atoms with Crippen molar-refractivity contribution in [2.45, 2.75) is 0 Å². The molecule has 3 nitrogen and oxygen atoms in total. The van der Waals surface area contributed by atoms with Gasteiger partial charge in [0, 0.05) is 5.92 Å². The molecule has 0 aliphatic rings. The van der Waals surface area contributed by atoms with Crippen LogP contribution in [0.3, 0.4) is 0 Å². The molecule has 0 saturated carbocycles.